The summed E-state index contributed by atoms with van der Waals surface area (Å²) >= 11 is 5.94. The molecule has 0 radical (unpaired) electrons. The average molecular weight is 344 g/mol. The van der Waals surface area contributed by atoms with Gasteiger partial charge in [0.1, 0.15) is 11.5 Å². The first-order chi connectivity index (χ1) is 11.5. The number of benzene rings is 1. The summed E-state index contributed by atoms with van der Waals surface area (Å²) in [6, 6.07) is 8.55. The van der Waals surface area contributed by atoms with E-state index in [9.17, 15) is 4.79 Å². The summed E-state index contributed by atoms with van der Waals surface area (Å²) in [6.07, 6.45) is 1.50. The third-order valence-electron chi connectivity index (χ3n) is 3.19. The van der Waals surface area contributed by atoms with Gasteiger partial charge in [0.15, 0.2) is 5.82 Å². The van der Waals surface area contributed by atoms with Crippen LogP contribution in [0.5, 0.6) is 0 Å². The zero-order valence-corrected chi connectivity index (χ0v) is 13.8. The number of anilines is 3. The van der Waals surface area contributed by atoms with Crippen LogP contribution in [0.25, 0.3) is 0 Å². The molecule has 7 nitrogen and oxygen atoms in total. The highest BCUT2D eigenvalue weighted by atomic mass is 35.5. The zero-order valence-electron chi connectivity index (χ0n) is 13.0. The number of carbonyl (C=O) groups excluding carboxylic acids is 1. The molecule has 2 heterocycles. The molecule has 0 aliphatic rings. The lowest BCUT2D eigenvalue weighted by Gasteiger charge is -2.09. The smallest absolute Gasteiger partial charge is 0.275 e. The van der Waals surface area contributed by atoms with Crippen LogP contribution in [0.2, 0.25) is 5.02 Å². The van der Waals surface area contributed by atoms with Gasteiger partial charge in [0, 0.05) is 23.0 Å². The fourth-order valence-corrected chi connectivity index (χ4v) is 2.27. The molecule has 3 rings (SSSR count). The standard InChI is InChI=1S/C16H14ClN5O2/c1-9-7-11(17)3-4-12(9)19-16-18-6-5-13(20-16)15(23)21-14-8-10(2)24-22-14/h3-8H,1-2H3,(H,18,19,20)(H,21,22,23). The van der Waals surface area contributed by atoms with E-state index >= 15 is 0 Å². The van der Waals surface area contributed by atoms with Gasteiger partial charge >= 0.3 is 0 Å². The summed E-state index contributed by atoms with van der Waals surface area (Å²) in [7, 11) is 0. The maximum absolute atomic E-state index is 12.2. The number of hydrogen-bond donors (Lipinski definition) is 2. The molecule has 1 amide bonds. The lowest BCUT2D eigenvalue weighted by atomic mass is 10.2. The van der Waals surface area contributed by atoms with Crippen LogP contribution in [-0.4, -0.2) is 21.0 Å². The molecular formula is C16H14ClN5O2. The van der Waals surface area contributed by atoms with Gasteiger partial charge in [0.25, 0.3) is 5.91 Å². The van der Waals surface area contributed by atoms with Crippen LogP contribution in [0.1, 0.15) is 21.8 Å². The minimum absolute atomic E-state index is 0.208. The lowest BCUT2D eigenvalue weighted by molar-refractivity contribution is 0.102. The van der Waals surface area contributed by atoms with Crippen LogP contribution in [0.15, 0.2) is 41.1 Å². The van der Waals surface area contributed by atoms with Crippen LogP contribution in [0.3, 0.4) is 0 Å². The molecule has 3 aromatic rings. The van der Waals surface area contributed by atoms with Crippen LogP contribution in [-0.2, 0) is 0 Å². The average Bonchev–Trinajstić information content (AvgIpc) is 2.95. The van der Waals surface area contributed by atoms with E-state index in [0.717, 1.165) is 11.3 Å². The van der Waals surface area contributed by atoms with Gasteiger partial charge in [0.05, 0.1) is 0 Å². The van der Waals surface area contributed by atoms with Gasteiger partial charge < -0.3 is 15.2 Å². The third-order valence-corrected chi connectivity index (χ3v) is 3.43. The van der Waals surface area contributed by atoms with E-state index in [4.69, 9.17) is 16.1 Å². The predicted molar refractivity (Wildman–Crippen MR) is 90.7 cm³/mol. The Morgan fingerprint density at radius 1 is 1.21 bits per heavy atom. The Balaban J connectivity index is 1.77. The molecule has 0 aliphatic heterocycles. The first kappa shape index (κ1) is 15.9. The van der Waals surface area contributed by atoms with Crippen LogP contribution in [0.4, 0.5) is 17.5 Å². The molecule has 0 unspecified atom stereocenters. The Bertz CT molecular complexity index is 894. The van der Waals surface area contributed by atoms with Crippen molar-refractivity contribution in [3.63, 3.8) is 0 Å². The minimum Gasteiger partial charge on any atom is -0.360 e. The van der Waals surface area contributed by atoms with E-state index < -0.39 is 5.91 Å². The van der Waals surface area contributed by atoms with E-state index in [1.165, 1.54) is 12.3 Å². The van der Waals surface area contributed by atoms with E-state index in [-0.39, 0.29) is 5.69 Å². The van der Waals surface area contributed by atoms with Crippen molar-refractivity contribution in [2.45, 2.75) is 13.8 Å². The second kappa shape index (κ2) is 6.67. The minimum atomic E-state index is -0.401. The molecule has 1 aromatic carbocycles. The molecule has 0 fully saturated rings. The second-order valence-electron chi connectivity index (χ2n) is 5.13. The Morgan fingerprint density at radius 2 is 2.04 bits per heavy atom. The molecule has 0 saturated heterocycles. The largest absolute Gasteiger partial charge is 0.360 e. The van der Waals surface area contributed by atoms with Crippen molar-refractivity contribution in [3.05, 3.63) is 58.6 Å². The summed E-state index contributed by atoms with van der Waals surface area (Å²) in [5.41, 5.74) is 1.96. The van der Waals surface area contributed by atoms with Crippen LogP contribution < -0.4 is 10.6 Å². The number of aromatic nitrogens is 3. The van der Waals surface area contributed by atoms with E-state index in [1.807, 2.05) is 19.1 Å². The van der Waals surface area contributed by atoms with Crippen molar-refractivity contribution in [2.75, 3.05) is 10.6 Å². The highest BCUT2D eigenvalue weighted by molar-refractivity contribution is 6.30. The van der Waals surface area contributed by atoms with Crippen LogP contribution in [0, 0.1) is 13.8 Å². The molecule has 8 heteroatoms. The predicted octanol–water partition coefficient (Wildman–Crippen LogP) is 3.73. The molecule has 122 valence electrons. The van der Waals surface area contributed by atoms with Gasteiger partial charge in [-0.25, -0.2) is 9.97 Å². The number of halogens is 1. The van der Waals surface area contributed by atoms with Gasteiger partial charge in [-0.05, 0) is 43.7 Å². The summed E-state index contributed by atoms with van der Waals surface area (Å²) in [6.45, 7) is 3.65. The van der Waals surface area contributed by atoms with Gasteiger partial charge in [-0.2, -0.15) is 0 Å². The number of rotatable bonds is 4. The highest BCUT2D eigenvalue weighted by Crippen LogP contribution is 2.22. The van der Waals surface area contributed by atoms with Crippen molar-refractivity contribution in [3.8, 4) is 0 Å². The normalized spacial score (nSPS) is 10.5. The van der Waals surface area contributed by atoms with Crippen LogP contribution >= 0.6 is 11.6 Å². The van der Waals surface area contributed by atoms with Gasteiger partial charge in [-0.3, -0.25) is 4.79 Å². The second-order valence-corrected chi connectivity index (χ2v) is 5.56. The summed E-state index contributed by atoms with van der Waals surface area (Å²) in [5.74, 6) is 0.846. The highest BCUT2D eigenvalue weighted by Gasteiger charge is 2.12. The lowest BCUT2D eigenvalue weighted by Crippen LogP contribution is -2.15. The Labute approximate surface area is 143 Å². The summed E-state index contributed by atoms with van der Waals surface area (Å²) in [5, 5.41) is 10.0. The van der Waals surface area contributed by atoms with Gasteiger partial charge in [-0.15, -0.1) is 0 Å². The molecule has 0 spiro atoms. The number of carbonyl (C=O) groups is 1. The Morgan fingerprint density at radius 3 is 2.75 bits per heavy atom. The number of nitrogens with one attached hydrogen (secondary N) is 2. The molecule has 0 aliphatic carbocycles. The quantitative estimate of drug-likeness (QED) is 0.749. The number of amides is 1. The molecule has 24 heavy (non-hydrogen) atoms. The first-order valence-electron chi connectivity index (χ1n) is 7.12. The first-order valence-corrected chi connectivity index (χ1v) is 7.50. The molecule has 2 N–H and O–H groups in total. The monoisotopic (exact) mass is 343 g/mol. The number of nitrogens with zero attached hydrogens (tertiary/aromatic N) is 3. The van der Waals surface area contributed by atoms with Crippen molar-refractivity contribution < 1.29 is 9.32 Å². The summed E-state index contributed by atoms with van der Waals surface area (Å²) < 4.78 is 4.91. The molecule has 0 saturated carbocycles. The summed E-state index contributed by atoms with van der Waals surface area (Å²) in [4.78, 5) is 20.5. The van der Waals surface area contributed by atoms with Crippen molar-refractivity contribution in [1.29, 1.82) is 0 Å². The molecule has 2 aromatic heterocycles. The maximum atomic E-state index is 12.2. The molecule has 0 atom stereocenters. The zero-order chi connectivity index (χ0) is 17.1. The number of hydrogen-bond acceptors (Lipinski definition) is 6. The van der Waals surface area contributed by atoms with E-state index in [0.29, 0.717) is 22.5 Å². The van der Waals surface area contributed by atoms with Crippen molar-refractivity contribution in [1.82, 2.24) is 15.1 Å². The Kier molecular flexibility index (Phi) is 4.43. The third kappa shape index (κ3) is 3.69. The fraction of sp³-hybridized carbons (Fsp3) is 0.125. The molecular weight excluding hydrogens is 330 g/mol. The maximum Gasteiger partial charge on any atom is 0.275 e. The SMILES string of the molecule is Cc1cc(NC(=O)c2ccnc(Nc3ccc(Cl)cc3C)n2)no1. The number of aryl methyl sites for hydroxylation is 2. The van der Waals surface area contributed by atoms with Crippen molar-refractivity contribution >= 4 is 35.0 Å². The van der Waals surface area contributed by atoms with E-state index in [2.05, 4.69) is 25.8 Å². The molecule has 0 bridgehead atoms. The van der Waals surface area contributed by atoms with E-state index in [1.54, 1.807) is 19.1 Å². The topological polar surface area (TPSA) is 92.9 Å². The van der Waals surface area contributed by atoms with Gasteiger partial charge in [-0.1, -0.05) is 16.8 Å². The Hall–Kier alpha value is -2.93. The fourth-order valence-electron chi connectivity index (χ4n) is 2.04. The van der Waals surface area contributed by atoms with Crippen molar-refractivity contribution in [2.24, 2.45) is 0 Å². The van der Waals surface area contributed by atoms with Gasteiger partial charge in [0.2, 0.25) is 5.95 Å².